The molecule has 0 saturated carbocycles. The first kappa shape index (κ1) is 18.4. The lowest BCUT2D eigenvalue weighted by atomic mass is 10.2. The van der Waals surface area contributed by atoms with Crippen molar-refractivity contribution in [3.05, 3.63) is 29.8 Å². The Morgan fingerprint density at radius 2 is 1.87 bits per heavy atom. The summed E-state index contributed by atoms with van der Waals surface area (Å²) in [5.74, 6) is -0.471. The second kappa shape index (κ2) is 7.29. The summed E-state index contributed by atoms with van der Waals surface area (Å²) in [6.45, 7) is 2.94. The molecule has 2 unspecified atom stereocenters. The van der Waals surface area contributed by atoms with Crippen LogP contribution in [-0.2, 0) is 24.4 Å². The topological polar surface area (TPSA) is 89.5 Å². The maximum absolute atomic E-state index is 12.8. The summed E-state index contributed by atoms with van der Waals surface area (Å²) in [7, 11) is -5.46. The minimum Gasteiger partial charge on any atom is -0.385 e. The van der Waals surface area contributed by atoms with Crippen molar-refractivity contribution in [3.63, 3.8) is 0 Å². The summed E-state index contributed by atoms with van der Waals surface area (Å²) in [5.41, 5.74) is 0.956. The first-order valence-electron chi connectivity index (χ1n) is 7.49. The number of aryl methyl sites for hydroxylation is 1. The molecule has 8 heteroatoms. The number of benzene rings is 1. The number of hydrogen-bond donors (Lipinski definition) is 1. The predicted octanol–water partition coefficient (Wildman–Crippen LogP) is 0.560. The second-order valence-corrected chi connectivity index (χ2v) is 10.2. The van der Waals surface area contributed by atoms with Gasteiger partial charge in [-0.15, -0.1) is 0 Å². The lowest BCUT2D eigenvalue weighted by Crippen LogP contribution is -2.43. The fourth-order valence-electron chi connectivity index (χ4n) is 2.72. The summed E-state index contributed by atoms with van der Waals surface area (Å²) < 4.78 is 54.4. The first-order chi connectivity index (χ1) is 10.8. The van der Waals surface area contributed by atoms with Crippen LogP contribution in [0.1, 0.15) is 12.0 Å². The molecule has 0 aromatic heterocycles. The Hall–Kier alpha value is -0.960. The van der Waals surface area contributed by atoms with E-state index in [1.54, 1.807) is 19.2 Å². The van der Waals surface area contributed by atoms with Gasteiger partial charge in [0.25, 0.3) is 0 Å². The molecule has 1 N–H and O–H groups in total. The van der Waals surface area contributed by atoms with Crippen LogP contribution < -0.4 is 5.32 Å². The quantitative estimate of drug-likeness (QED) is 0.714. The molecule has 0 radical (unpaired) electrons. The van der Waals surface area contributed by atoms with Gasteiger partial charge >= 0.3 is 0 Å². The highest BCUT2D eigenvalue weighted by atomic mass is 32.2. The fraction of sp³-hybridized carbons (Fsp3) is 0.600. The molecule has 1 fully saturated rings. The molecule has 1 aliphatic heterocycles. The lowest BCUT2D eigenvalue weighted by Gasteiger charge is -2.20. The Bertz CT molecular complexity index is 726. The third-order valence-corrected chi connectivity index (χ3v) is 8.15. The van der Waals surface area contributed by atoms with Crippen LogP contribution in [0, 0.1) is 6.92 Å². The van der Waals surface area contributed by atoms with E-state index in [1.165, 1.54) is 12.1 Å². The lowest BCUT2D eigenvalue weighted by molar-refractivity contribution is 0.193. The monoisotopic (exact) mass is 361 g/mol. The number of sulfone groups is 2. The zero-order valence-electron chi connectivity index (χ0n) is 13.4. The summed E-state index contributed by atoms with van der Waals surface area (Å²) in [6, 6.07) is 5.94. The number of ether oxygens (including phenoxy) is 1. The summed E-state index contributed by atoms with van der Waals surface area (Å²) >= 11 is 0. The Balaban J connectivity index is 2.21. The van der Waals surface area contributed by atoms with Gasteiger partial charge in [-0.2, -0.15) is 0 Å². The molecule has 23 heavy (non-hydrogen) atoms. The minimum atomic E-state index is -3.69. The zero-order valence-corrected chi connectivity index (χ0v) is 15.0. The van der Waals surface area contributed by atoms with Crippen molar-refractivity contribution >= 4 is 19.7 Å². The molecular weight excluding hydrogens is 338 g/mol. The SMILES string of the molecule is COCCCNC1CS(=O)(=O)CC1S(=O)(=O)c1ccc(C)cc1. The van der Waals surface area contributed by atoms with Crippen molar-refractivity contribution in [2.24, 2.45) is 0 Å². The van der Waals surface area contributed by atoms with E-state index in [9.17, 15) is 16.8 Å². The van der Waals surface area contributed by atoms with Gasteiger partial charge in [-0.25, -0.2) is 16.8 Å². The molecular formula is C15H23NO5S2. The standard InChI is InChI=1S/C15H23NO5S2/c1-12-4-6-13(7-5-12)23(19,20)15-11-22(17,18)10-14(15)16-8-3-9-21-2/h4-7,14-16H,3,8-11H2,1-2H3. The van der Waals surface area contributed by atoms with Crippen LogP contribution in [-0.4, -0.2) is 59.9 Å². The first-order valence-corrected chi connectivity index (χ1v) is 10.9. The van der Waals surface area contributed by atoms with Gasteiger partial charge in [0.1, 0.15) is 0 Å². The van der Waals surface area contributed by atoms with E-state index in [2.05, 4.69) is 5.32 Å². The van der Waals surface area contributed by atoms with Crippen LogP contribution in [0.25, 0.3) is 0 Å². The normalized spacial score (nSPS) is 23.9. The summed E-state index contributed by atoms with van der Waals surface area (Å²) in [5, 5.41) is 2.12. The molecule has 2 rings (SSSR count). The number of nitrogens with one attached hydrogen (secondary N) is 1. The highest BCUT2D eigenvalue weighted by molar-refractivity contribution is 7.96. The van der Waals surface area contributed by atoms with Crippen LogP contribution in [0.4, 0.5) is 0 Å². The molecule has 0 bridgehead atoms. The molecule has 1 heterocycles. The minimum absolute atomic E-state index is 0.143. The van der Waals surface area contributed by atoms with Crippen LogP contribution in [0.3, 0.4) is 0 Å². The van der Waals surface area contributed by atoms with Gasteiger partial charge in [0.05, 0.1) is 21.7 Å². The van der Waals surface area contributed by atoms with Gasteiger partial charge in [-0.1, -0.05) is 17.7 Å². The average Bonchev–Trinajstić information content (AvgIpc) is 2.80. The van der Waals surface area contributed by atoms with Gasteiger partial charge in [0.2, 0.25) is 0 Å². The van der Waals surface area contributed by atoms with Gasteiger partial charge in [-0.05, 0) is 32.0 Å². The third-order valence-electron chi connectivity index (χ3n) is 3.98. The highest BCUT2D eigenvalue weighted by Crippen LogP contribution is 2.26. The van der Waals surface area contributed by atoms with Crippen molar-refractivity contribution in [1.29, 1.82) is 0 Å². The van der Waals surface area contributed by atoms with Crippen molar-refractivity contribution in [1.82, 2.24) is 5.32 Å². The molecule has 0 aliphatic carbocycles. The maximum atomic E-state index is 12.8. The van der Waals surface area contributed by atoms with E-state index in [1.807, 2.05) is 6.92 Å². The molecule has 0 amide bonds. The molecule has 2 atom stereocenters. The van der Waals surface area contributed by atoms with Crippen LogP contribution in [0.2, 0.25) is 0 Å². The van der Waals surface area contributed by atoms with E-state index in [4.69, 9.17) is 4.74 Å². The van der Waals surface area contributed by atoms with E-state index in [0.29, 0.717) is 19.6 Å². The van der Waals surface area contributed by atoms with Crippen molar-refractivity contribution in [2.75, 3.05) is 31.8 Å². The fourth-order valence-corrected chi connectivity index (χ4v) is 7.43. The van der Waals surface area contributed by atoms with Crippen molar-refractivity contribution in [2.45, 2.75) is 29.5 Å². The van der Waals surface area contributed by atoms with Gasteiger partial charge in [0.15, 0.2) is 19.7 Å². The zero-order chi connectivity index (χ0) is 17.1. The second-order valence-electron chi connectivity index (χ2n) is 5.88. The predicted molar refractivity (Wildman–Crippen MR) is 89.1 cm³/mol. The molecule has 1 aromatic carbocycles. The number of methoxy groups -OCH3 is 1. The van der Waals surface area contributed by atoms with E-state index in [-0.39, 0.29) is 16.4 Å². The summed E-state index contributed by atoms with van der Waals surface area (Å²) in [6.07, 6.45) is 0.699. The molecule has 6 nitrogen and oxygen atoms in total. The van der Waals surface area contributed by atoms with Gasteiger partial charge in [0, 0.05) is 19.8 Å². The van der Waals surface area contributed by atoms with E-state index < -0.39 is 31.0 Å². The summed E-state index contributed by atoms with van der Waals surface area (Å²) in [4.78, 5) is 0.175. The van der Waals surface area contributed by atoms with Crippen molar-refractivity contribution < 1.29 is 21.6 Å². The molecule has 1 saturated heterocycles. The maximum Gasteiger partial charge on any atom is 0.183 e. The van der Waals surface area contributed by atoms with Gasteiger partial charge in [-0.3, -0.25) is 0 Å². The number of hydrogen-bond acceptors (Lipinski definition) is 6. The molecule has 1 aromatic rings. The van der Waals surface area contributed by atoms with Crippen LogP contribution >= 0.6 is 0 Å². The van der Waals surface area contributed by atoms with Crippen LogP contribution in [0.15, 0.2) is 29.2 Å². The average molecular weight is 361 g/mol. The van der Waals surface area contributed by atoms with Crippen LogP contribution in [0.5, 0.6) is 0 Å². The Morgan fingerprint density at radius 1 is 1.22 bits per heavy atom. The van der Waals surface area contributed by atoms with E-state index in [0.717, 1.165) is 5.56 Å². The van der Waals surface area contributed by atoms with Crippen molar-refractivity contribution in [3.8, 4) is 0 Å². The molecule has 130 valence electrons. The Labute approximate surface area is 138 Å². The van der Waals surface area contributed by atoms with E-state index >= 15 is 0 Å². The van der Waals surface area contributed by atoms with Gasteiger partial charge < -0.3 is 10.1 Å². The number of rotatable bonds is 7. The molecule has 1 aliphatic rings. The molecule has 0 spiro atoms. The third kappa shape index (κ3) is 4.53. The smallest absolute Gasteiger partial charge is 0.183 e. The Morgan fingerprint density at radius 3 is 2.48 bits per heavy atom. The highest BCUT2D eigenvalue weighted by Gasteiger charge is 2.45. The largest absolute Gasteiger partial charge is 0.385 e. The Kier molecular flexibility index (Phi) is 5.83.